The second kappa shape index (κ2) is 10.9. The van der Waals surface area contributed by atoms with E-state index in [2.05, 4.69) is 35.6 Å². The number of H-pyrrole nitrogens is 1. The number of benzene rings is 1. The lowest BCUT2D eigenvalue weighted by Crippen LogP contribution is -2.53. The molecule has 1 amide bonds. The van der Waals surface area contributed by atoms with Crippen molar-refractivity contribution in [3.63, 3.8) is 0 Å². The number of hydrogen-bond donors (Lipinski definition) is 1. The number of likely N-dealkylation sites (N-methyl/N-ethyl adjacent to an activating group) is 1. The van der Waals surface area contributed by atoms with Crippen molar-refractivity contribution in [1.29, 1.82) is 5.26 Å². The van der Waals surface area contributed by atoms with Gasteiger partial charge < -0.3 is 10.00 Å². The minimum absolute atomic E-state index is 0.0645. The van der Waals surface area contributed by atoms with Crippen molar-refractivity contribution in [3.8, 4) is 17.2 Å². The van der Waals surface area contributed by atoms with E-state index in [1.165, 1.54) is 29.2 Å². The molecule has 1 fully saturated rings. The largest absolute Gasteiger partial charge is 0.336 e. The van der Waals surface area contributed by atoms with Crippen LogP contribution in [0, 0.1) is 24.1 Å². The number of nitriles is 1. The molecular formula is C25H29FN6O2. The summed E-state index contributed by atoms with van der Waals surface area (Å²) in [5, 5.41) is 11.9. The number of nitrogens with one attached hydrogen (secondary N) is 1. The molecule has 1 aliphatic rings. The molecule has 0 unspecified atom stereocenters. The van der Waals surface area contributed by atoms with Gasteiger partial charge in [0.25, 0.3) is 11.5 Å². The van der Waals surface area contributed by atoms with Crippen LogP contribution in [0.15, 0.2) is 52.0 Å². The fourth-order valence-corrected chi connectivity index (χ4v) is 4.18. The molecule has 1 N–H and O–H groups in total. The van der Waals surface area contributed by atoms with Gasteiger partial charge >= 0.3 is 0 Å². The number of aryl methyl sites for hydroxylation is 1. The van der Waals surface area contributed by atoms with Crippen LogP contribution in [-0.4, -0.2) is 64.4 Å². The molecule has 1 aromatic carbocycles. The Morgan fingerprint density at radius 1 is 1.38 bits per heavy atom. The van der Waals surface area contributed by atoms with Crippen LogP contribution in [-0.2, 0) is 11.3 Å². The molecule has 2 heterocycles. The summed E-state index contributed by atoms with van der Waals surface area (Å²) in [6.07, 6.45) is 6.25. The van der Waals surface area contributed by atoms with Crippen molar-refractivity contribution < 1.29 is 9.18 Å². The molecule has 1 aromatic heterocycles. The van der Waals surface area contributed by atoms with Crippen molar-refractivity contribution in [3.05, 3.63) is 69.6 Å². The van der Waals surface area contributed by atoms with E-state index < -0.39 is 5.82 Å². The monoisotopic (exact) mass is 464 g/mol. The molecule has 2 aromatic rings. The fourth-order valence-electron chi connectivity index (χ4n) is 4.18. The third-order valence-electron chi connectivity index (χ3n) is 6.09. The Balaban J connectivity index is 1.75. The molecule has 1 saturated heterocycles. The quantitative estimate of drug-likeness (QED) is 0.387. The van der Waals surface area contributed by atoms with Crippen LogP contribution in [0.25, 0.3) is 11.1 Å². The number of piperazine rings is 1. The number of aliphatic imine (C=N–C) groups is 1. The standard InChI is InChI=1S/C25H29FN6O2/c1-5-30-9-10-31(16-18(30)3)24(33)19(14-28-4)7-6-8-32-25(34)22(15-29-32)21-12-23(26)20(13-27)11-17(21)2/h6-7,11-12,14-15,18,29H,4-5,8-10,16H2,1-3H3/b7-6-,19-14+/t18-/m1/s1. The van der Waals surface area contributed by atoms with E-state index >= 15 is 0 Å². The summed E-state index contributed by atoms with van der Waals surface area (Å²) in [6.45, 7) is 12.6. The Bertz CT molecular complexity index is 1230. The van der Waals surface area contributed by atoms with Crippen LogP contribution >= 0.6 is 0 Å². The van der Waals surface area contributed by atoms with Gasteiger partial charge in [0.15, 0.2) is 0 Å². The Kier molecular flexibility index (Phi) is 7.97. The summed E-state index contributed by atoms with van der Waals surface area (Å²) < 4.78 is 15.5. The summed E-state index contributed by atoms with van der Waals surface area (Å²) >= 11 is 0. The number of nitrogens with zero attached hydrogens (tertiary/aromatic N) is 5. The highest BCUT2D eigenvalue weighted by atomic mass is 19.1. The number of carbonyl (C=O) groups is 1. The summed E-state index contributed by atoms with van der Waals surface area (Å²) in [4.78, 5) is 33.8. The lowest BCUT2D eigenvalue weighted by atomic mass is 10.0. The minimum atomic E-state index is -0.672. The number of aromatic amines is 1. The zero-order chi connectivity index (χ0) is 24.8. The molecule has 8 nitrogen and oxygen atoms in total. The third-order valence-corrected chi connectivity index (χ3v) is 6.09. The summed E-state index contributed by atoms with van der Waals surface area (Å²) in [5.41, 5.74) is 1.34. The van der Waals surface area contributed by atoms with Gasteiger partial charge in [-0.25, -0.2) is 9.07 Å². The van der Waals surface area contributed by atoms with Crippen LogP contribution < -0.4 is 5.56 Å². The van der Waals surface area contributed by atoms with Crippen molar-refractivity contribution in [2.75, 3.05) is 26.2 Å². The number of carbonyl (C=O) groups excluding carboxylic acids is 1. The Morgan fingerprint density at radius 3 is 2.79 bits per heavy atom. The first-order chi connectivity index (χ1) is 16.3. The summed E-state index contributed by atoms with van der Waals surface area (Å²) in [7, 11) is 0. The van der Waals surface area contributed by atoms with Gasteiger partial charge in [0, 0.05) is 38.1 Å². The predicted octanol–water partition coefficient (Wildman–Crippen LogP) is 2.86. The van der Waals surface area contributed by atoms with Gasteiger partial charge in [-0.2, -0.15) is 5.26 Å². The maximum absolute atomic E-state index is 14.1. The molecule has 3 rings (SSSR count). The highest BCUT2D eigenvalue weighted by Gasteiger charge is 2.26. The van der Waals surface area contributed by atoms with Gasteiger partial charge in [-0.3, -0.25) is 19.5 Å². The van der Waals surface area contributed by atoms with Gasteiger partial charge in [-0.1, -0.05) is 19.1 Å². The zero-order valence-electron chi connectivity index (χ0n) is 19.7. The maximum Gasteiger partial charge on any atom is 0.274 e. The molecule has 0 bridgehead atoms. The fraction of sp³-hybridized carbons (Fsp3) is 0.360. The molecule has 9 heteroatoms. The van der Waals surface area contributed by atoms with Gasteiger partial charge in [0.05, 0.1) is 23.2 Å². The number of allylic oxidation sites excluding steroid dienone is 1. The number of amides is 1. The minimum Gasteiger partial charge on any atom is -0.336 e. The molecular weight excluding hydrogens is 435 g/mol. The topological polar surface area (TPSA) is 97.5 Å². The van der Waals surface area contributed by atoms with E-state index in [-0.39, 0.29) is 29.6 Å². The second-order valence-electron chi connectivity index (χ2n) is 8.26. The van der Waals surface area contributed by atoms with E-state index in [0.717, 1.165) is 13.1 Å². The molecule has 1 atom stereocenters. The molecule has 1 aliphatic heterocycles. The molecule has 0 radical (unpaired) electrons. The summed E-state index contributed by atoms with van der Waals surface area (Å²) in [5.74, 6) is -0.802. The van der Waals surface area contributed by atoms with Crippen LogP contribution in [0.5, 0.6) is 0 Å². The van der Waals surface area contributed by atoms with Crippen molar-refractivity contribution >= 4 is 12.6 Å². The lowest BCUT2D eigenvalue weighted by molar-refractivity contribution is -0.129. The van der Waals surface area contributed by atoms with Crippen molar-refractivity contribution in [1.82, 2.24) is 19.6 Å². The van der Waals surface area contributed by atoms with Crippen LogP contribution in [0.2, 0.25) is 0 Å². The highest BCUT2D eigenvalue weighted by Crippen LogP contribution is 2.23. The number of rotatable bonds is 7. The lowest BCUT2D eigenvalue weighted by Gasteiger charge is -2.39. The predicted molar refractivity (Wildman–Crippen MR) is 130 cm³/mol. The van der Waals surface area contributed by atoms with Crippen LogP contribution in [0.4, 0.5) is 4.39 Å². The van der Waals surface area contributed by atoms with E-state index in [0.29, 0.717) is 35.4 Å². The van der Waals surface area contributed by atoms with E-state index in [9.17, 15) is 14.0 Å². The average Bonchev–Trinajstić information content (AvgIpc) is 3.19. The number of hydrogen-bond acceptors (Lipinski definition) is 5. The van der Waals surface area contributed by atoms with Gasteiger partial charge in [-0.15, -0.1) is 0 Å². The first-order valence-corrected chi connectivity index (χ1v) is 11.1. The van der Waals surface area contributed by atoms with E-state index in [1.807, 2.05) is 0 Å². The zero-order valence-corrected chi connectivity index (χ0v) is 19.7. The molecule has 0 spiro atoms. The first-order valence-electron chi connectivity index (χ1n) is 11.1. The second-order valence-corrected chi connectivity index (χ2v) is 8.26. The van der Waals surface area contributed by atoms with Gasteiger partial charge in [0.2, 0.25) is 0 Å². The normalized spacial score (nSPS) is 17.2. The van der Waals surface area contributed by atoms with Gasteiger partial charge in [-0.05, 0) is 50.4 Å². The van der Waals surface area contributed by atoms with Gasteiger partial charge in [0.1, 0.15) is 11.9 Å². The van der Waals surface area contributed by atoms with Crippen LogP contribution in [0.1, 0.15) is 25.0 Å². The average molecular weight is 465 g/mol. The maximum atomic E-state index is 14.1. The SMILES string of the molecule is C=N/C=C(\C=C/Cn1[nH]cc(-c2cc(F)c(C#N)cc2C)c1=O)C(=O)N1CCN(CC)[C@H](C)C1. The van der Waals surface area contributed by atoms with Crippen molar-refractivity contribution in [2.45, 2.75) is 33.4 Å². The Hall–Kier alpha value is -3.77. The smallest absolute Gasteiger partial charge is 0.274 e. The number of halogens is 1. The Labute approximate surface area is 198 Å². The van der Waals surface area contributed by atoms with E-state index in [1.54, 1.807) is 30.0 Å². The molecule has 34 heavy (non-hydrogen) atoms. The van der Waals surface area contributed by atoms with E-state index in [4.69, 9.17) is 5.26 Å². The van der Waals surface area contributed by atoms with Crippen LogP contribution in [0.3, 0.4) is 0 Å². The molecule has 0 saturated carbocycles. The number of aromatic nitrogens is 2. The summed E-state index contributed by atoms with van der Waals surface area (Å²) in [6, 6.07) is 4.70. The first kappa shape index (κ1) is 24.9. The molecule has 0 aliphatic carbocycles. The van der Waals surface area contributed by atoms with Crippen molar-refractivity contribution in [2.24, 2.45) is 4.99 Å². The molecule has 178 valence electrons. The Morgan fingerprint density at radius 2 is 2.15 bits per heavy atom. The highest BCUT2D eigenvalue weighted by molar-refractivity contribution is 5.96. The third kappa shape index (κ3) is 5.24.